The van der Waals surface area contributed by atoms with E-state index in [2.05, 4.69) is 10.6 Å². The molecular formula is C14H8Cl2N2O2S. The van der Waals surface area contributed by atoms with Crippen LogP contribution in [0, 0.1) is 0 Å². The summed E-state index contributed by atoms with van der Waals surface area (Å²) in [5.74, 6) is 0.775. The average molecular weight is 339 g/mol. The fourth-order valence-electron chi connectivity index (χ4n) is 1.89. The Hall–Kier alpha value is -1.82. The van der Waals surface area contributed by atoms with Crippen LogP contribution in [0.2, 0.25) is 10.0 Å². The van der Waals surface area contributed by atoms with Gasteiger partial charge >= 0.3 is 0 Å². The van der Waals surface area contributed by atoms with Crippen molar-refractivity contribution in [1.29, 1.82) is 0 Å². The molecule has 0 unspecified atom stereocenters. The van der Waals surface area contributed by atoms with E-state index in [-0.39, 0.29) is 11.0 Å². The summed E-state index contributed by atoms with van der Waals surface area (Å²) in [6.07, 6.45) is 1.57. The number of hydrogen-bond acceptors (Lipinski definition) is 3. The summed E-state index contributed by atoms with van der Waals surface area (Å²) in [4.78, 5) is 11.6. The lowest BCUT2D eigenvalue weighted by Gasteiger charge is -2.02. The lowest BCUT2D eigenvalue weighted by Crippen LogP contribution is -2.21. The van der Waals surface area contributed by atoms with Crippen LogP contribution in [0.4, 0.5) is 0 Å². The van der Waals surface area contributed by atoms with E-state index < -0.39 is 0 Å². The molecule has 2 heterocycles. The summed E-state index contributed by atoms with van der Waals surface area (Å²) < 4.78 is 5.67. The molecular weight excluding hydrogens is 331 g/mol. The third-order valence-electron chi connectivity index (χ3n) is 2.85. The first-order valence-electron chi connectivity index (χ1n) is 5.93. The normalized spacial score (nSPS) is 16.2. The molecule has 0 saturated carbocycles. The lowest BCUT2D eigenvalue weighted by molar-refractivity contribution is -0.115. The van der Waals surface area contributed by atoms with E-state index in [9.17, 15) is 4.79 Å². The number of carbonyl (C=O) groups is 1. The molecule has 1 aliphatic rings. The SMILES string of the molecule is O=C1NC(=S)N/C1=C/c1ccc(-c2cccc(Cl)c2Cl)o1. The Morgan fingerprint density at radius 2 is 1.95 bits per heavy atom. The van der Waals surface area contributed by atoms with E-state index in [4.69, 9.17) is 39.8 Å². The number of furan rings is 1. The Morgan fingerprint density at radius 1 is 1.14 bits per heavy atom. The molecule has 106 valence electrons. The molecule has 1 aromatic carbocycles. The van der Waals surface area contributed by atoms with Crippen LogP contribution in [0.5, 0.6) is 0 Å². The topological polar surface area (TPSA) is 54.3 Å². The van der Waals surface area contributed by atoms with E-state index in [0.29, 0.717) is 32.8 Å². The van der Waals surface area contributed by atoms with Gasteiger partial charge in [-0.25, -0.2) is 0 Å². The Balaban J connectivity index is 1.94. The van der Waals surface area contributed by atoms with E-state index in [1.54, 1.807) is 36.4 Å². The van der Waals surface area contributed by atoms with Gasteiger partial charge in [0.25, 0.3) is 5.91 Å². The highest BCUT2D eigenvalue weighted by Gasteiger charge is 2.20. The van der Waals surface area contributed by atoms with Gasteiger partial charge < -0.3 is 9.73 Å². The third kappa shape index (κ3) is 2.81. The molecule has 0 atom stereocenters. The largest absolute Gasteiger partial charge is 0.457 e. The molecule has 1 aliphatic heterocycles. The van der Waals surface area contributed by atoms with Gasteiger partial charge in [-0.05, 0) is 36.5 Å². The highest BCUT2D eigenvalue weighted by molar-refractivity contribution is 7.80. The van der Waals surface area contributed by atoms with Crippen molar-refractivity contribution in [2.45, 2.75) is 0 Å². The number of halogens is 2. The van der Waals surface area contributed by atoms with Crippen LogP contribution in [0.25, 0.3) is 17.4 Å². The Kier molecular flexibility index (Phi) is 3.71. The zero-order chi connectivity index (χ0) is 15.0. The Morgan fingerprint density at radius 3 is 2.67 bits per heavy atom. The molecule has 7 heteroatoms. The van der Waals surface area contributed by atoms with Gasteiger partial charge in [0.15, 0.2) is 5.11 Å². The maximum absolute atomic E-state index is 11.6. The van der Waals surface area contributed by atoms with Crippen molar-refractivity contribution >= 4 is 52.5 Å². The van der Waals surface area contributed by atoms with Crippen LogP contribution < -0.4 is 10.6 Å². The third-order valence-corrected chi connectivity index (χ3v) is 3.87. The quantitative estimate of drug-likeness (QED) is 0.648. The van der Waals surface area contributed by atoms with Crippen molar-refractivity contribution in [3.8, 4) is 11.3 Å². The molecule has 2 aromatic rings. The number of amides is 1. The van der Waals surface area contributed by atoms with Gasteiger partial charge in [0.05, 0.1) is 10.0 Å². The van der Waals surface area contributed by atoms with Gasteiger partial charge in [0.2, 0.25) is 0 Å². The molecule has 1 amide bonds. The van der Waals surface area contributed by atoms with E-state index in [1.165, 1.54) is 0 Å². The summed E-state index contributed by atoms with van der Waals surface area (Å²) in [6.45, 7) is 0. The summed E-state index contributed by atoms with van der Waals surface area (Å²) >= 11 is 17.0. The van der Waals surface area contributed by atoms with E-state index in [0.717, 1.165) is 0 Å². The zero-order valence-electron chi connectivity index (χ0n) is 10.4. The fraction of sp³-hybridized carbons (Fsp3) is 0. The molecule has 2 N–H and O–H groups in total. The van der Waals surface area contributed by atoms with Crippen molar-refractivity contribution < 1.29 is 9.21 Å². The monoisotopic (exact) mass is 338 g/mol. The summed E-state index contributed by atoms with van der Waals surface area (Å²) in [6, 6.07) is 8.78. The number of thiocarbonyl (C=S) groups is 1. The molecule has 0 radical (unpaired) electrons. The minimum Gasteiger partial charge on any atom is -0.457 e. The standard InChI is InChI=1S/C14H8Cl2N2O2S/c15-9-3-1-2-8(12(9)16)11-5-4-7(20-11)6-10-13(19)18-14(21)17-10/h1-6H,(H2,17,18,19,21)/b10-6+. The first-order valence-corrected chi connectivity index (χ1v) is 7.09. The summed E-state index contributed by atoms with van der Waals surface area (Å²) in [5, 5.41) is 6.37. The predicted molar refractivity (Wildman–Crippen MR) is 86.0 cm³/mol. The number of hydrogen-bond donors (Lipinski definition) is 2. The molecule has 0 spiro atoms. The van der Waals surface area contributed by atoms with Gasteiger partial charge in [-0.15, -0.1) is 0 Å². The van der Waals surface area contributed by atoms with Gasteiger partial charge in [0, 0.05) is 11.6 Å². The number of benzene rings is 1. The minimum atomic E-state index is -0.293. The molecule has 0 bridgehead atoms. The first-order chi connectivity index (χ1) is 10.0. The molecule has 0 aliphatic carbocycles. The second-order valence-corrected chi connectivity index (χ2v) is 5.46. The van der Waals surface area contributed by atoms with Gasteiger partial charge in [0.1, 0.15) is 17.2 Å². The average Bonchev–Trinajstić information content (AvgIpc) is 3.01. The van der Waals surface area contributed by atoms with Crippen molar-refractivity contribution in [3.63, 3.8) is 0 Å². The predicted octanol–water partition coefficient (Wildman–Crippen LogP) is 3.60. The van der Waals surface area contributed by atoms with Crippen LogP contribution in [0.1, 0.15) is 5.76 Å². The molecule has 3 rings (SSSR count). The van der Waals surface area contributed by atoms with Gasteiger partial charge in [-0.2, -0.15) is 0 Å². The molecule has 1 saturated heterocycles. The second kappa shape index (κ2) is 5.52. The second-order valence-electron chi connectivity index (χ2n) is 4.27. The van der Waals surface area contributed by atoms with Crippen LogP contribution >= 0.6 is 35.4 Å². The molecule has 4 nitrogen and oxygen atoms in total. The lowest BCUT2D eigenvalue weighted by atomic mass is 10.2. The summed E-state index contributed by atoms with van der Waals surface area (Å²) in [7, 11) is 0. The van der Waals surface area contributed by atoms with Gasteiger partial charge in [-0.3, -0.25) is 10.1 Å². The molecule has 1 fully saturated rings. The number of carbonyl (C=O) groups excluding carboxylic acids is 1. The Bertz CT molecular complexity index is 783. The zero-order valence-corrected chi connectivity index (χ0v) is 12.8. The van der Waals surface area contributed by atoms with Crippen LogP contribution in [-0.4, -0.2) is 11.0 Å². The molecule has 21 heavy (non-hydrogen) atoms. The highest BCUT2D eigenvalue weighted by atomic mass is 35.5. The number of rotatable bonds is 2. The number of nitrogens with one attached hydrogen (secondary N) is 2. The van der Waals surface area contributed by atoms with Gasteiger partial charge in [-0.1, -0.05) is 29.3 Å². The fourth-order valence-corrected chi connectivity index (χ4v) is 2.49. The Labute approximate surface area is 135 Å². The van der Waals surface area contributed by atoms with E-state index in [1.807, 2.05) is 0 Å². The summed E-state index contributed by atoms with van der Waals surface area (Å²) in [5.41, 5.74) is 1.02. The maximum atomic E-state index is 11.6. The highest BCUT2D eigenvalue weighted by Crippen LogP contribution is 2.34. The van der Waals surface area contributed by atoms with Crippen LogP contribution in [-0.2, 0) is 4.79 Å². The van der Waals surface area contributed by atoms with Crippen LogP contribution in [0.15, 0.2) is 40.4 Å². The smallest absolute Gasteiger partial charge is 0.274 e. The first kappa shape index (κ1) is 14.1. The maximum Gasteiger partial charge on any atom is 0.274 e. The van der Waals surface area contributed by atoms with Crippen molar-refractivity contribution in [1.82, 2.24) is 10.6 Å². The van der Waals surface area contributed by atoms with Crippen molar-refractivity contribution in [3.05, 3.63) is 51.8 Å². The van der Waals surface area contributed by atoms with Crippen LogP contribution in [0.3, 0.4) is 0 Å². The van der Waals surface area contributed by atoms with Crippen molar-refractivity contribution in [2.75, 3.05) is 0 Å². The minimum absolute atomic E-state index is 0.274. The van der Waals surface area contributed by atoms with Crippen molar-refractivity contribution in [2.24, 2.45) is 0 Å². The molecule has 1 aromatic heterocycles. The van der Waals surface area contributed by atoms with E-state index >= 15 is 0 Å².